The van der Waals surface area contributed by atoms with Crippen LogP contribution in [-0.2, 0) is 32.1 Å². The average molecular weight is 480 g/mol. The van der Waals surface area contributed by atoms with Crippen LogP contribution in [0.25, 0.3) is 11.1 Å². The van der Waals surface area contributed by atoms with Crippen LogP contribution < -0.4 is 5.32 Å². The van der Waals surface area contributed by atoms with E-state index in [1.807, 2.05) is 78.9 Å². The maximum atomic E-state index is 12.9. The number of hydrogen-bond acceptors (Lipinski definition) is 5. The number of nitrogens with one attached hydrogen (secondary N) is 1. The standard InChI is InChI=1S/C28H30ClNO4/c1-28(2,3)34-26(31)18-30-25(27(32)33-19-21-8-5-4-6-9-21)16-20-12-14-22(15-13-20)23-10-7-11-24(29)17-23/h4-15,17,25,30H,16,18-19H2,1-3H3. The first-order valence-corrected chi connectivity index (χ1v) is 11.6. The molecule has 0 saturated heterocycles. The number of hydrogen-bond donors (Lipinski definition) is 1. The lowest BCUT2D eigenvalue weighted by Crippen LogP contribution is -2.43. The van der Waals surface area contributed by atoms with Crippen LogP contribution in [-0.4, -0.2) is 30.1 Å². The molecule has 0 saturated carbocycles. The van der Waals surface area contributed by atoms with Gasteiger partial charge in [0.1, 0.15) is 18.2 Å². The van der Waals surface area contributed by atoms with Gasteiger partial charge in [0.25, 0.3) is 0 Å². The summed E-state index contributed by atoms with van der Waals surface area (Å²) in [7, 11) is 0. The summed E-state index contributed by atoms with van der Waals surface area (Å²) in [6.07, 6.45) is 0.367. The van der Waals surface area contributed by atoms with Crippen molar-refractivity contribution in [2.45, 2.75) is 45.4 Å². The number of halogens is 1. The van der Waals surface area contributed by atoms with Gasteiger partial charge in [-0.2, -0.15) is 0 Å². The highest BCUT2D eigenvalue weighted by atomic mass is 35.5. The highest BCUT2D eigenvalue weighted by molar-refractivity contribution is 6.30. The summed E-state index contributed by atoms with van der Waals surface area (Å²) < 4.78 is 10.9. The Morgan fingerprint density at radius 3 is 2.24 bits per heavy atom. The number of carbonyl (C=O) groups is 2. The molecule has 0 spiro atoms. The Morgan fingerprint density at radius 1 is 0.882 bits per heavy atom. The summed E-state index contributed by atoms with van der Waals surface area (Å²) in [5.41, 5.74) is 3.27. The molecule has 1 unspecified atom stereocenters. The van der Waals surface area contributed by atoms with Crippen molar-refractivity contribution in [3.8, 4) is 11.1 Å². The molecule has 3 rings (SSSR count). The number of carbonyl (C=O) groups excluding carboxylic acids is 2. The largest absolute Gasteiger partial charge is 0.460 e. The fourth-order valence-corrected chi connectivity index (χ4v) is 3.58. The van der Waals surface area contributed by atoms with Gasteiger partial charge in [-0.15, -0.1) is 0 Å². The van der Waals surface area contributed by atoms with Crippen LogP contribution in [0.4, 0.5) is 0 Å². The number of rotatable bonds is 9. The highest BCUT2D eigenvalue weighted by Crippen LogP contribution is 2.23. The molecule has 0 heterocycles. The zero-order chi connectivity index (χ0) is 24.6. The maximum absolute atomic E-state index is 12.9. The monoisotopic (exact) mass is 479 g/mol. The van der Waals surface area contributed by atoms with E-state index in [0.717, 1.165) is 22.3 Å². The van der Waals surface area contributed by atoms with Gasteiger partial charge in [0.15, 0.2) is 0 Å². The third-order valence-electron chi connectivity index (χ3n) is 4.97. The van der Waals surface area contributed by atoms with E-state index in [-0.39, 0.29) is 13.2 Å². The van der Waals surface area contributed by atoms with Crippen molar-refractivity contribution in [1.29, 1.82) is 0 Å². The second-order valence-corrected chi connectivity index (χ2v) is 9.46. The van der Waals surface area contributed by atoms with Gasteiger partial charge in [-0.05, 0) is 61.6 Å². The molecule has 5 nitrogen and oxygen atoms in total. The lowest BCUT2D eigenvalue weighted by Gasteiger charge is -2.22. The lowest BCUT2D eigenvalue weighted by molar-refractivity contribution is -0.154. The minimum absolute atomic E-state index is 0.0943. The zero-order valence-corrected chi connectivity index (χ0v) is 20.5. The number of ether oxygens (including phenoxy) is 2. The highest BCUT2D eigenvalue weighted by Gasteiger charge is 2.23. The Kier molecular flexibility index (Phi) is 8.85. The molecule has 0 aliphatic heterocycles. The summed E-state index contributed by atoms with van der Waals surface area (Å²) in [5, 5.41) is 3.69. The molecule has 0 aromatic heterocycles. The molecular weight excluding hydrogens is 450 g/mol. The molecule has 6 heteroatoms. The zero-order valence-electron chi connectivity index (χ0n) is 19.7. The Balaban J connectivity index is 1.68. The van der Waals surface area contributed by atoms with Gasteiger partial charge >= 0.3 is 11.9 Å². The van der Waals surface area contributed by atoms with E-state index < -0.39 is 23.6 Å². The maximum Gasteiger partial charge on any atom is 0.323 e. The topological polar surface area (TPSA) is 64.6 Å². The first-order valence-electron chi connectivity index (χ1n) is 11.2. The van der Waals surface area contributed by atoms with E-state index >= 15 is 0 Å². The van der Waals surface area contributed by atoms with Crippen molar-refractivity contribution < 1.29 is 19.1 Å². The fraction of sp³-hybridized carbons (Fsp3) is 0.286. The van der Waals surface area contributed by atoms with E-state index in [4.69, 9.17) is 21.1 Å². The molecule has 1 N–H and O–H groups in total. The Hall–Kier alpha value is -3.15. The van der Waals surface area contributed by atoms with Crippen molar-refractivity contribution >= 4 is 23.5 Å². The molecule has 1 atom stereocenters. The molecule has 0 radical (unpaired) electrons. The molecule has 0 bridgehead atoms. The van der Waals surface area contributed by atoms with Crippen LogP contribution in [0, 0.1) is 0 Å². The third kappa shape index (κ3) is 8.32. The fourth-order valence-electron chi connectivity index (χ4n) is 3.39. The Bertz CT molecular complexity index is 1090. The van der Waals surface area contributed by atoms with Crippen molar-refractivity contribution in [2.75, 3.05) is 6.54 Å². The van der Waals surface area contributed by atoms with Crippen LogP contribution in [0.2, 0.25) is 5.02 Å². The Labute approximate surface area is 206 Å². The van der Waals surface area contributed by atoms with Crippen LogP contribution in [0.5, 0.6) is 0 Å². The molecule has 3 aromatic rings. The first kappa shape index (κ1) is 25.5. The minimum atomic E-state index is -0.701. The van der Waals surface area contributed by atoms with E-state index in [9.17, 15) is 9.59 Å². The van der Waals surface area contributed by atoms with Gasteiger partial charge in [-0.3, -0.25) is 14.9 Å². The predicted molar refractivity (Wildman–Crippen MR) is 134 cm³/mol. The van der Waals surface area contributed by atoms with Crippen molar-refractivity contribution in [2.24, 2.45) is 0 Å². The Morgan fingerprint density at radius 2 is 1.59 bits per heavy atom. The summed E-state index contributed by atoms with van der Waals surface area (Å²) in [6, 6.07) is 24.3. The van der Waals surface area contributed by atoms with Gasteiger partial charge < -0.3 is 9.47 Å². The number of benzene rings is 3. The first-order chi connectivity index (χ1) is 16.2. The normalized spacial score (nSPS) is 12.1. The van der Waals surface area contributed by atoms with E-state index in [2.05, 4.69) is 5.32 Å². The van der Waals surface area contributed by atoms with E-state index in [0.29, 0.717) is 11.4 Å². The summed E-state index contributed by atoms with van der Waals surface area (Å²) in [5.74, 6) is -0.851. The summed E-state index contributed by atoms with van der Waals surface area (Å²) in [6.45, 7) is 5.48. The smallest absolute Gasteiger partial charge is 0.323 e. The molecule has 0 aliphatic carbocycles. The van der Waals surface area contributed by atoms with Gasteiger partial charge in [0.05, 0.1) is 6.54 Å². The molecule has 178 valence electrons. The quantitative estimate of drug-likeness (QED) is 0.405. The van der Waals surface area contributed by atoms with E-state index in [1.54, 1.807) is 20.8 Å². The van der Waals surface area contributed by atoms with Crippen molar-refractivity contribution in [3.63, 3.8) is 0 Å². The molecule has 34 heavy (non-hydrogen) atoms. The van der Waals surface area contributed by atoms with Gasteiger partial charge in [0.2, 0.25) is 0 Å². The SMILES string of the molecule is CC(C)(C)OC(=O)CNC(Cc1ccc(-c2cccc(Cl)c2)cc1)C(=O)OCc1ccccc1. The second kappa shape index (κ2) is 11.8. The van der Waals surface area contributed by atoms with Gasteiger partial charge in [0, 0.05) is 5.02 Å². The summed E-state index contributed by atoms with van der Waals surface area (Å²) in [4.78, 5) is 25.1. The molecule has 0 amide bonds. The van der Waals surface area contributed by atoms with Crippen LogP contribution in [0.3, 0.4) is 0 Å². The predicted octanol–water partition coefficient (Wildman–Crippen LogP) is 5.59. The van der Waals surface area contributed by atoms with Crippen molar-refractivity contribution in [3.05, 3.63) is 95.0 Å². The van der Waals surface area contributed by atoms with Crippen LogP contribution in [0.1, 0.15) is 31.9 Å². The second-order valence-electron chi connectivity index (χ2n) is 9.02. The van der Waals surface area contributed by atoms with Gasteiger partial charge in [-0.25, -0.2) is 0 Å². The van der Waals surface area contributed by atoms with Crippen LogP contribution in [0.15, 0.2) is 78.9 Å². The minimum Gasteiger partial charge on any atom is -0.460 e. The van der Waals surface area contributed by atoms with Crippen LogP contribution >= 0.6 is 11.6 Å². The molecule has 3 aromatic carbocycles. The average Bonchev–Trinajstić information content (AvgIpc) is 2.80. The van der Waals surface area contributed by atoms with Gasteiger partial charge in [-0.1, -0.05) is 78.3 Å². The summed E-state index contributed by atoms with van der Waals surface area (Å²) >= 11 is 6.11. The molecule has 0 aliphatic rings. The third-order valence-corrected chi connectivity index (χ3v) is 5.21. The number of esters is 2. The van der Waals surface area contributed by atoms with E-state index in [1.165, 1.54) is 0 Å². The lowest BCUT2D eigenvalue weighted by atomic mass is 10.0. The molecular formula is C28H30ClNO4. The van der Waals surface area contributed by atoms with Crippen molar-refractivity contribution in [1.82, 2.24) is 5.32 Å². The molecule has 0 fully saturated rings.